The quantitative estimate of drug-likeness (QED) is 0.410. The minimum Gasteiger partial charge on any atom is -0.450 e. The van der Waals surface area contributed by atoms with Gasteiger partial charge < -0.3 is 13.9 Å². The van der Waals surface area contributed by atoms with Crippen LogP contribution in [-0.4, -0.2) is 12.8 Å². The smallest absolute Gasteiger partial charge is 0.450 e. The molecule has 28 heavy (non-hydrogen) atoms. The predicted octanol–water partition coefficient (Wildman–Crippen LogP) is 5.67. The third kappa shape index (κ3) is 3.82. The highest BCUT2D eigenvalue weighted by Gasteiger charge is 2.39. The van der Waals surface area contributed by atoms with Crippen LogP contribution in [0.3, 0.4) is 0 Å². The predicted molar refractivity (Wildman–Crippen MR) is 95.6 cm³/mol. The SMILES string of the molecule is CCOC(=O)Oc1ccc2c(=O)c(-c3ccccc3Cl)c(C(F)(F)F)oc2c1. The maximum absolute atomic E-state index is 13.6. The lowest BCUT2D eigenvalue weighted by Gasteiger charge is -2.14. The van der Waals surface area contributed by atoms with E-state index in [2.05, 4.69) is 4.74 Å². The number of fused-ring (bicyclic) bond motifs is 1. The molecule has 1 aromatic heterocycles. The standard InChI is InChI=1S/C19H12ClF3O5/c1-2-26-18(25)27-10-7-8-12-14(9-10)28-17(19(21,22)23)15(16(12)24)11-5-3-4-6-13(11)20/h3-9H,2H2,1H3. The fourth-order valence-corrected chi connectivity index (χ4v) is 2.82. The number of alkyl halides is 3. The number of benzene rings is 2. The topological polar surface area (TPSA) is 65.7 Å². The molecule has 0 aliphatic heterocycles. The highest BCUT2D eigenvalue weighted by Crippen LogP contribution is 2.39. The van der Waals surface area contributed by atoms with E-state index in [0.717, 1.165) is 6.07 Å². The average Bonchev–Trinajstić information content (AvgIpc) is 2.62. The summed E-state index contributed by atoms with van der Waals surface area (Å²) in [6.07, 6.45) is -5.99. The van der Waals surface area contributed by atoms with Gasteiger partial charge in [0.15, 0.2) is 0 Å². The minimum absolute atomic E-state index is 0.0260. The van der Waals surface area contributed by atoms with Crippen molar-refractivity contribution in [2.24, 2.45) is 0 Å². The Morgan fingerprint density at radius 1 is 1.18 bits per heavy atom. The van der Waals surface area contributed by atoms with E-state index in [1.165, 1.54) is 36.4 Å². The lowest BCUT2D eigenvalue weighted by atomic mass is 10.0. The summed E-state index contributed by atoms with van der Waals surface area (Å²) in [6, 6.07) is 9.13. The van der Waals surface area contributed by atoms with Crippen LogP contribution in [0, 0.1) is 0 Å². The summed E-state index contributed by atoms with van der Waals surface area (Å²) < 4.78 is 55.3. The number of rotatable bonds is 3. The summed E-state index contributed by atoms with van der Waals surface area (Å²) in [6.45, 7) is 1.62. The molecule has 0 fully saturated rings. The van der Waals surface area contributed by atoms with Crippen LogP contribution < -0.4 is 10.2 Å². The van der Waals surface area contributed by atoms with Crippen LogP contribution in [-0.2, 0) is 10.9 Å². The third-order valence-electron chi connectivity index (χ3n) is 3.73. The van der Waals surface area contributed by atoms with E-state index in [-0.39, 0.29) is 28.3 Å². The second-order valence-corrected chi connectivity index (χ2v) is 5.96. The molecule has 2 aromatic carbocycles. The molecule has 0 saturated heterocycles. The molecule has 5 nitrogen and oxygen atoms in total. The van der Waals surface area contributed by atoms with Crippen LogP contribution in [0.5, 0.6) is 5.75 Å². The van der Waals surface area contributed by atoms with Gasteiger partial charge in [-0.05, 0) is 25.1 Å². The molecule has 0 aliphatic carbocycles. The van der Waals surface area contributed by atoms with Gasteiger partial charge in [0.1, 0.15) is 11.3 Å². The van der Waals surface area contributed by atoms with Crippen molar-refractivity contribution < 1.29 is 31.9 Å². The zero-order chi connectivity index (χ0) is 20.5. The number of ether oxygens (including phenoxy) is 2. The molecule has 0 radical (unpaired) electrons. The van der Waals surface area contributed by atoms with E-state index in [1.54, 1.807) is 6.92 Å². The Labute approximate surface area is 161 Å². The highest BCUT2D eigenvalue weighted by atomic mass is 35.5. The van der Waals surface area contributed by atoms with Crippen LogP contribution in [0.4, 0.5) is 18.0 Å². The van der Waals surface area contributed by atoms with Crippen LogP contribution in [0.15, 0.2) is 51.7 Å². The summed E-state index contributed by atoms with van der Waals surface area (Å²) >= 11 is 6.00. The number of carbonyl (C=O) groups excluding carboxylic acids is 1. The van der Waals surface area contributed by atoms with Gasteiger partial charge in [0.2, 0.25) is 11.2 Å². The van der Waals surface area contributed by atoms with Crippen LogP contribution >= 0.6 is 11.6 Å². The average molecular weight is 413 g/mol. The molecule has 3 aromatic rings. The number of hydrogen-bond acceptors (Lipinski definition) is 5. The molecule has 146 valence electrons. The Kier molecular flexibility index (Phi) is 5.33. The largest absolute Gasteiger partial charge is 0.513 e. The zero-order valence-corrected chi connectivity index (χ0v) is 15.1. The maximum Gasteiger partial charge on any atom is 0.513 e. The molecule has 0 saturated carbocycles. The molecule has 3 rings (SSSR count). The number of halogens is 4. The van der Waals surface area contributed by atoms with Crippen molar-refractivity contribution in [2.45, 2.75) is 13.1 Å². The van der Waals surface area contributed by atoms with E-state index in [4.69, 9.17) is 20.8 Å². The van der Waals surface area contributed by atoms with E-state index in [9.17, 15) is 22.8 Å². The summed E-state index contributed by atoms with van der Waals surface area (Å²) in [5, 5.41) is -0.152. The fourth-order valence-electron chi connectivity index (χ4n) is 2.59. The fraction of sp³-hybridized carbons (Fsp3) is 0.158. The molecule has 9 heteroatoms. The van der Waals surface area contributed by atoms with E-state index < -0.39 is 34.7 Å². The molecular weight excluding hydrogens is 401 g/mol. The third-order valence-corrected chi connectivity index (χ3v) is 4.06. The molecule has 0 aliphatic rings. The lowest BCUT2D eigenvalue weighted by molar-refractivity contribution is -0.152. The Morgan fingerprint density at radius 3 is 2.54 bits per heavy atom. The summed E-state index contributed by atoms with van der Waals surface area (Å²) in [4.78, 5) is 24.2. The van der Waals surface area contributed by atoms with Crippen molar-refractivity contribution in [2.75, 3.05) is 6.61 Å². The van der Waals surface area contributed by atoms with Crippen molar-refractivity contribution in [3.8, 4) is 16.9 Å². The van der Waals surface area contributed by atoms with Crippen molar-refractivity contribution in [1.29, 1.82) is 0 Å². The normalized spacial score (nSPS) is 11.5. The van der Waals surface area contributed by atoms with E-state index in [1.807, 2.05) is 0 Å². The van der Waals surface area contributed by atoms with Crippen LogP contribution in [0.25, 0.3) is 22.1 Å². The van der Waals surface area contributed by atoms with Crippen molar-refractivity contribution >= 4 is 28.7 Å². The second-order valence-electron chi connectivity index (χ2n) is 5.56. The first-order valence-electron chi connectivity index (χ1n) is 8.00. The lowest BCUT2D eigenvalue weighted by Crippen LogP contribution is -2.16. The summed E-state index contributed by atoms with van der Waals surface area (Å²) in [5.41, 5.74) is -2.09. The molecule has 0 unspecified atom stereocenters. The molecule has 0 atom stereocenters. The van der Waals surface area contributed by atoms with Gasteiger partial charge in [-0.15, -0.1) is 0 Å². The van der Waals surface area contributed by atoms with Gasteiger partial charge in [-0.1, -0.05) is 29.8 Å². The zero-order valence-electron chi connectivity index (χ0n) is 14.3. The molecular formula is C19H12ClF3O5. The molecule has 0 N–H and O–H groups in total. The summed E-state index contributed by atoms with van der Waals surface area (Å²) in [5.74, 6) is -1.63. The molecule has 0 bridgehead atoms. The van der Waals surface area contributed by atoms with Gasteiger partial charge in [-0.25, -0.2) is 4.79 Å². The van der Waals surface area contributed by atoms with E-state index >= 15 is 0 Å². The second kappa shape index (κ2) is 7.55. The first-order chi connectivity index (χ1) is 13.2. The van der Waals surface area contributed by atoms with Gasteiger partial charge in [-0.3, -0.25) is 4.79 Å². The number of hydrogen-bond donors (Lipinski definition) is 0. The Hall–Kier alpha value is -3.00. The van der Waals surface area contributed by atoms with Gasteiger partial charge >= 0.3 is 12.3 Å². The molecule has 1 heterocycles. The first kappa shape index (κ1) is 19.8. The minimum atomic E-state index is -4.96. The van der Waals surface area contributed by atoms with Gasteiger partial charge in [0.05, 0.1) is 17.6 Å². The Bertz CT molecular complexity index is 1100. The monoisotopic (exact) mass is 412 g/mol. The van der Waals surface area contributed by atoms with Crippen molar-refractivity contribution in [3.05, 3.63) is 63.5 Å². The Balaban J connectivity index is 2.25. The molecule has 0 spiro atoms. The van der Waals surface area contributed by atoms with E-state index in [0.29, 0.717) is 0 Å². The highest BCUT2D eigenvalue weighted by molar-refractivity contribution is 6.33. The molecule has 0 amide bonds. The first-order valence-corrected chi connectivity index (χ1v) is 8.37. The van der Waals surface area contributed by atoms with Crippen LogP contribution in [0.2, 0.25) is 5.02 Å². The van der Waals surface area contributed by atoms with Gasteiger partial charge in [0.25, 0.3) is 0 Å². The van der Waals surface area contributed by atoms with Crippen LogP contribution in [0.1, 0.15) is 12.7 Å². The summed E-state index contributed by atoms with van der Waals surface area (Å²) in [7, 11) is 0. The van der Waals surface area contributed by atoms with Crippen molar-refractivity contribution in [3.63, 3.8) is 0 Å². The maximum atomic E-state index is 13.6. The number of carbonyl (C=O) groups is 1. The van der Waals surface area contributed by atoms with Gasteiger partial charge in [-0.2, -0.15) is 13.2 Å². The van der Waals surface area contributed by atoms with Crippen molar-refractivity contribution in [1.82, 2.24) is 0 Å². The Morgan fingerprint density at radius 2 is 1.89 bits per heavy atom. The van der Waals surface area contributed by atoms with Gasteiger partial charge in [0, 0.05) is 16.7 Å².